The predicted molar refractivity (Wildman–Crippen MR) is 108 cm³/mol. The van der Waals surface area contributed by atoms with E-state index < -0.39 is 0 Å². The molecule has 0 saturated carbocycles. The number of nitrogens with zero attached hydrogens (tertiary/aromatic N) is 4. The van der Waals surface area contributed by atoms with Crippen LogP contribution < -0.4 is 10.1 Å². The molecule has 0 aliphatic carbocycles. The highest BCUT2D eigenvalue weighted by atomic mass is 16.5. The van der Waals surface area contributed by atoms with Crippen molar-refractivity contribution in [3.63, 3.8) is 0 Å². The van der Waals surface area contributed by atoms with Gasteiger partial charge in [0.25, 0.3) is 11.8 Å². The number of hydrogen-bond acceptors (Lipinski definition) is 7. The zero-order valence-electron chi connectivity index (χ0n) is 16.7. The second-order valence-electron chi connectivity index (χ2n) is 7.11. The Kier molecular flexibility index (Phi) is 5.18. The number of rotatable bonds is 5. The molecule has 9 heteroatoms. The zero-order valence-corrected chi connectivity index (χ0v) is 16.7. The second-order valence-corrected chi connectivity index (χ2v) is 7.11. The maximum absolute atomic E-state index is 12.5. The number of aromatic nitrogens is 2. The summed E-state index contributed by atoms with van der Waals surface area (Å²) >= 11 is 0. The molecule has 154 valence electrons. The first-order valence-corrected chi connectivity index (χ1v) is 9.56. The number of imide groups is 1. The summed E-state index contributed by atoms with van der Waals surface area (Å²) < 4.78 is 5.21. The van der Waals surface area contributed by atoms with E-state index in [2.05, 4.69) is 15.5 Å². The Hall–Kier alpha value is -3.75. The fraction of sp³-hybridized carbons (Fsp3) is 0.286. The highest BCUT2D eigenvalue weighted by Gasteiger charge is 2.40. The van der Waals surface area contributed by atoms with Gasteiger partial charge in [0.2, 0.25) is 5.91 Å². The average molecular weight is 407 g/mol. The average Bonchev–Trinajstić information content (AvgIpc) is 2.99. The molecule has 4 rings (SSSR count). The van der Waals surface area contributed by atoms with E-state index in [4.69, 9.17) is 4.74 Å². The minimum Gasteiger partial charge on any atom is -0.497 e. The summed E-state index contributed by atoms with van der Waals surface area (Å²) in [6.45, 7) is 0.505. The molecule has 3 amide bonds. The third-order valence-electron chi connectivity index (χ3n) is 5.16. The molecular formula is C21H21N5O4. The lowest BCUT2D eigenvalue weighted by Gasteiger charge is -2.28. The largest absolute Gasteiger partial charge is 0.497 e. The smallest absolute Gasteiger partial charge is 0.277 e. The van der Waals surface area contributed by atoms with Gasteiger partial charge in [-0.05, 0) is 37.1 Å². The van der Waals surface area contributed by atoms with Crippen LogP contribution in [0, 0.1) is 0 Å². The van der Waals surface area contributed by atoms with Crippen LogP contribution in [-0.2, 0) is 14.4 Å². The third kappa shape index (κ3) is 3.61. The normalized spacial score (nSPS) is 16.1. The molecule has 0 bridgehead atoms. The number of carbonyl (C=O) groups is 3. The summed E-state index contributed by atoms with van der Waals surface area (Å²) in [5.74, 6) is 0.0577. The monoisotopic (exact) mass is 407 g/mol. The molecule has 0 unspecified atom stereocenters. The van der Waals surface area contributed by atoms with Gasteiger partial charge in [-0.15, -0.1) is 10.2 Å². The van der Waals surface area contributed by atoms with Crippen molar-refractivity contribution in [3.05, 3.63) is 47.7 Å². The highest BCUT2D eigenvalue weighted by Crippen LogP contribution is 2.30. The van der Waals surface area contributed by atoms with E-state index in [0.717, 1.165) is 10.5 Å². The van der Waals surface area contributed by atoms with E-state index in [0.29, 0.717) is 47.9 Å². The van der Waals surface area contributed by atoms with E-state index in [1.54, 1.807) is 24.1 Å². The molecule has 1 aromatic heterocycles. The molecule has 0 spiro atoms. The van der Waals surface area contributed by atoms with Crippen LogP contribution in [-0.4, -0.2) is 65.0 Å². The quantitative estimate of drug-likeness (QED) is 0.748. The van der Waals surface area contributed by atoms with Gasteiger partial charge < -0.3 is 15.0 Å². The molecular weight excluding hydrogens is 386 g/mol. The van der Waals surface area contributed by atoms with Gasteiger partial charge in [-0.1, -0.05) is 12.1 Å². The van der Waals surface area contributed by atoms with Gasteiger partial charge in [-0.25, -0.2) is 0 Å². The van der Waals surface area contributed by atoms with Crippen molar-refractivity contribution in [2.24, 2.45) is 0 Å². The Morgan fingerprint density at radius 3 is 2.73 bits per heavy atom. The Morgan fingerprint density at radius 2 is 2.00 bits per heavy atom. The van der Waals surface area contributed by atoms with Gasteiger partial charge in [-0.3, -0.25) is 19.3 Å². The number of methoxy groups -OCH3 is 1. The molecule has 3 heterocycles. The van der Waals surface area contributed by atoms with Crippen LogP contribution in [0.15, 0.2) is 47.7 Å². The van der Waals surface area contributed by atoms with Crippen molar-refractivity contribution in [1.29, 1.82) is 0 Å². The Balaban J connectivity index is 1.43. The van der Waals surface area contributed by atoms with Gasteiger partial charge >= 0.3 is 0 Å². The molecule has 30 heavy (non-hydrogen) atoms. The van der Waals surface area contributed by atoms with Crippen LogP contribution in [0.25, 0.3) is 11.3 Å². The molecule has 0 saturated heterocycles. The van der Waals surface area contributed by atoms with E-state index in [-0.39, 0.29) is 24.3 Å². The number of benzene rings is 1. The molecule has 1 aromatic carbocycles. The van der Waals surface area contributed by atoms with E-state index in [1.807, 2.05) is 24.3 Å². The van der Waals surface area contributed by atoms with Crippen molar-refractivity contribution < 1.29 is 19.1 Å². The third-order valence-corrected chi connectivity index (χ3v) is 5.16. The first kappa shape index (κ1) is 19.6. The molecule has 0 fully saturated rings. The van der Waals surface area contributed by atoms with E-state index in [9.17, 15) is 14.4 Å². The Labute approximate surface area is 173 Å². The number of amides is 3. The van der Waals surface area contributed by atoms with Crippen LogP contribution in [0.1, 0.15) is 12.8 Å². The SMILES string of the molecule is COc1cccc(-c2ccc(NC(=O)CN3CCCC4=C3C(=O)N(C)C4=O)nn2)c1. The summed E-state index contributed by atoms with van der Waals surface area (Å²) in [5.41, 5.74) is 2.32. The van der Waals surface area contributed by atoms with Crippen molar-refractivity contribution in [1.82, 2.24) is 20.0 Å². The summed E-state index contributed by atoms with van der Waals surface area (Å²) in [5, 5.41) is 10.9. The van der Waals surface area contributed by atoms with Crippen LogP contribution in [0.3, 0.4) is 0 Å². The summed E-state index contributed by atoms with van der Waals surface area (Å²) in [6, 6.07) is 10.9. The molecule has 2 aliphatic rings. The van der Waals surface area contributed by atoms with Crippen LogP contribution in [0.2, 0.25) is 0 Å². The first-order chi connectivity index (χ1) is 14.5. The maximum Gasteiger partial charge on any atom is 0.277 e. The molecule has 9 nitrogen and oxygen atoms in total. The van der Waals surface area contributed by atoms with Gasteiger partial charge in [-0.2, -0.15) is 0 Å². The number of ether oxygens (including phenoxy) is 1. The minimum atomic E-state index is -0.357. The standard InChI is InChI=1S/C21H21N5O4/c1-25-20(28)15-7-4-10-26(19(15)21(25)29)12-18(27)22-17-9-8-16(23-24-17)13-5-3-6-14(11-13)30-2/h3,5-6,8-9,11H,4,7,10,12H2,1-2H3,(H,22,24,27). The van der Waals surface area contributed by atoms with Gasteiger partial charge in [0, 0.05) is 24.7 Å². The predicted octanol–water partition coefficient (Wildman–Crippen LogP) is 1.44. The number of nitrogens with one attached hydrogen (secondary N) is 1. The number of carbonyl (C=O) groups excluding carboxylic acids is 3. The molecule has 2 aliphatic heterocycles. The van der Waals surface area contributed by atoms with Gasteiger partial charge in [0.1, 0.15) is 11.4 Å². The fourth-order valence-electron chi connectivity index (χ4n) is 3.64. The van der Waals surface area contributed by atoms with Crippen LogP contribution >= 0.6 is 0 Å². The molecule has 1 N–H and O–H groups in total. The summed E-state index contributed by atoms with van der Waals surface area (Å²) in [4.78, 5) is 39.8. The molecule has 0 atom stereocenters. The van der Waals surface area contributed by atoms with Gasteiger partial charge in [0.05, 0.1) is 19.3 Å². The number of likely N-dealkylation sites (N-methyl/N-ethyl adjacent to an activating group) is 1. The fourth-order valence-corrected chi connectivity index (χ4v) is 3.64. The lowest BCUT2D eigenvalue weighted by Crippen LogP contribution is -2.38. The Bertz CT molecular complexity index is 1050. The maximum atomic E-state index is 12.5. The van der Waals surface area contributed by atoms with Crippen LogP contribution in [0.5, 0.6) is 5.75 Å². The van der Waals surface area contributed by atoms with E-state index >= 15 is 0 Å². The first-order valence-electron chi connectivity index (χ1n) is 9.56. The van der Waals surface area contributed by atoms with Crippen molar-refractivity contribution >= 4 is 23.5 Å². The van der Waals surface area contributed by atoms with Crippen molar-refractivity contribution in [3.8, 4) is 17.0 Å². The lowest BCUT2D eigenvalue weighted by atomic mass is 10.0. The van der Waals surface area contributed by atoms with Crippen LogP contribution in [0.4, 0.5) is 5.82 Å². The Morgan fingerprint density at radius 1 is 1.17 bits per heavy atom. The van der Waals surface area contributed by atoms with Crippen molar-refractivity contribution in [2.45, 2.75) is 12.8 Å². The zero-order chi connectivity index (χ0) is 21.3. The highest BCUT2D eigenvalue weighted by molar-refractivity contribution is 6.19. The molecule has 0 radical (unpaired) electrons. The summed E-state index contributed by atoms with van der Waals surface area (Å²) in [7, 11) is 3.05. The minimum absolute atomic E-state index is 0.0367. The van der Waals surface area contributed by atoms with E-state index in [1.165, 1.54) is 7.05 Å². The second kappa shape index (κ2) is 7.94. The van der Waals surface area contributed by atoms with Crippen molar-refractivity contribution in [2.75, 3.05) is 32.6 Å². The van der Waals surface area contributed by atoms with Gasteiger partial charge in [0.15, 0.2) is 5.82 Å². The summed E-state index contributed by atoms with van der Waals surface area (Å²) in [6.07, 6.45) is 1.27. The topological polar surface area (TPSA) is 105 Å². The number of hydrogen-bond donors (Lipinski definition) is 1. The number of anilines is 1. The molecule has 2 aromatic rings. The lowest BCUT2D eigenvalue weighted by molar-refractivity contribution is -0.136.